The average molecular weight is 362 g/mol. The van der Waals surface area contributed by atoms with E-state index in [-0.39, 0.29) is 11.9 Å². The van der Waals surface area contributed by atoms with Gasteiger partial charge in [0, 0.05) is 31.2 Å². The van der Waals surface area contributed by atoms with Gasteiger partial charge in [-0.1, -0.05) is 24.3 Å². The summed E-state index contributed by atoms with van der Waals surface area (Å²) in [6.07, 6.45) is 0.758. The maximum atomic E-state index is 12.9. The molecule has 4 N–H and O–H groups in total. The molecule has 3 heterocycles. The number of nitrogens with one attached hydrogen (secondary N) is 4. The molecule has 2 aromatic carbocycles. The molecule has 7 nitrogen and oxygen atoms in total. The van der Waals surface area contributed by atoms with Crippen LogP contribution in [0, 0.1) is 0 Å². The normalized spacial score (nSPS) is 20.7. The second-order valence-corrected chi connectivity index (χ2v) is 7.13. The first-order chi connectivity index (χ1) is 13.3. The molecule has 0 radical (unpaired) electrons. The van der Waals surface area contributed by atoms with E-state index in [1.54, 1.807) is 0 Å². The Balaban J connectivity index is 1.29. The quantitative estimate of drug-likeness (QED) is 0.570. The van der Waals surface area contributed by atoms with Crippen LogP contribution in [0.3, 0.4) is 0 Å². The zero-order valence-corrected chi connectivity index (χ0v) is 14.9. The molecule has 2 aliphatic rings. The van der Waals surface area contributed by atoms with E-state index in [4.69, 9.17) is 0 Å². The molecule has 2 fully saturated rings. The van der Waals surface area contributed by atoms with Crippen molar-refractivity contribution < 1.29 is 4.79 Å². The van der Waals surface area contributed by atoms with Crippen molar-refractivity contribution in [2.75, 3.05) is 29.9 Å². The second-order valence-electron chi connectivity index (χ2n) is 7.13. The molecule has 1 unspecified atom stereocenters. The van der Waals surface area contributed by atoms with Gasteiger partial charge in [0.2, 0.25) is 11.9 Å². The van der Waals surface area contributed by atoms with Gasteiger partial charge in [-0.25, -0.2) is 4.98 Å². The Hall–Kier alpha value is -2.90. The van der Waals surface area contributed by atoms with Crippen LogP contribution in [0.15, 0.2) is 48.5 Å². The number of amides is 1. The van der Waals surface area contributed by atoms with Gasteiger partial charge in [0.15, 0.2) is 0 Å². The summed E-state index contributed by atoms with van der Waals surface area (Å²) >= 11 is 0. The van der Waals surface area contributed by atoms with Crippen LogP contribution in [-0.4, -0.2) is 41.6 Å². The Morgan fingerprint density at radius 3 is 2.59 bits per heavy atom. The van der Waals surface area contributed by atoms with Gasteiger partial charge in [-0.05, 0) is 36.2 Å². The summed E-state index contributed by atoms with van der Waals surface area (Å²) in [6, 6.07) is 16.0. The molecule has 5 rings (SSSR count). The number of imidazole rings is 1. The lowest BCUT2D eigenvalue weighted by Gasteiger charge is -2.18. The molecule has 1 aromatic heterocycles. The Labute approximate surface area is 157 Å². The highest BCUT2D eigenvalue weighted by Gasteiger charge is 2.33. The van der Waals surface area contributed by atoms with Gasteiger partial charge >= 0.3 is 0 Å². The van der Waals surface area contributed by atoms with Crippen molar-refractivity contribution in [3.05, 3.63) is 54.1 Å². The smallest absolute Gasteiger partial charge is 0.249 e. The van der Waals surface area contributed by atoms with Gasteiger partial charge in [0.25, 0.3) is 0 Å². The number of carbonyl (C=O) groups excluding carboxylic acids is 1. The van der Waals surface area contributed by atoms with Crippen molar-refractivity contribution in [3.63, 3.8) is 0 Å². The van der Waals surface area contributed by atoms with Crippen molar-refractivity contribution in [1.82, 2.24) is 20.8 Å². The number of carbonyl (C=O) groups is 1. The summed E-state index contributed by atoms with van der Waals surface area (Å²) in [5.74, 6) is 1.22. The first kappa shape index (κ1) is 16.3. The molecule has 1 amide bonds. The van der Waals surface area contributed by atoms with Crippen LogP contribution in [0.25, 0.3) is 11.0 Å². The van der Waals surface area contributed by atoms with Gasteiger partial charge in [-0.2, -0.15) is 0 Å². The number of H-pyrrole nitrogens is 1. The van der Waals surface area contributed by atoms with Gasteiger partial charge in [0.05, 0.1) is 11.0 Å². The molecule has 2 saturated heterocycles. The number of anilines is 2. The lowest BCUT2D eigenvalue weighted by molar-refractivity contribution is -0.117. The summed E-state index contributed by atoms with van der Waals surface area (Å²) in [5.41, 5.74) is 10.4. The van der Waals surface area contributed by atoms with Gasteiger partial charge in [-0.3, -0.25) is 15.6 Å². The van der Waals surface area contributed by atoms with Crippen LogP contribution in [0.2, 0.25) is 0 Å². The summed E-state index contributed by atoms with van der Waals surface area (Å²) in [6.45, 7) is 2.58. The zero-order chi connectivity index (χ0) is 18.2. The Bertz CT molecular complexity index is 927. The fourth-order valence-electron chi connectivity index (χ4n) is 3.88. The number of hydrogen-bond acceptors (Lipinski definition) is 5. The number of rotatable bonds is 4. The van der Waals surface area contributed by atoms with E-state index in [2.05, 4.69) is 50.4 Å². The Morgan fingerprint density at radius 2 is 1.81 bits per heavy atom. The largest absolute Gasteiger partial charge is 0.344 e. The summed E-state index contributed by atoms with van der Waals surface area (Å²) < 4.78 is 0. The predicted molar refractivity (Wildman–Crippen MR) is 106 cm³/mol. The molecule has 0 bridgehead atoms. The fourth-order valence-corrected chi connectivity index (χ4v) is 3.88. The van der Waals surface area contributed by atoms with Crippen molar-refractivity contribution >= 4 is 28.6 Å². The Kier molecular flexibility index (Phi) is 4.03. The van der Waals surface area contributed by atoms with Crippen LogP contribution >= 0.6 is 0 Å². The fraction of sp³-hybridized carbons (Fsp3) is 0.300. The first-order valence-electron chi connectivity index (χ1n) is 9.36. The van der Waals surface area contributed by atoms with Crippen LogP contribution in [0.4, 0.5) is 11.6 Å². The van der Waals surface area contributed by atoms with Gasteiger partial charge in [-0.15, -0.1) is 0 Å². The van der Waals surface area contributed by atoms with Gasteiger partial charge in [0.1, 0.15) is 6.04 Å². The van der Waals surface area contributed by atoms with E-state index in [1.165, 1.54) is 5.56 Å². The van der Waals surface area contributed by atoms with E-state index in [0.717, 1.165) is 36.2 Å². The summed E-state index contributed by atoms with van der Waals surface area (Å²) in [7, 11) is 0. The maximum absolute atomic E-state index is 12.9. The van der Waals surface area contributed by atoms with Gasteiger partial charge < -0.3 is 15.2 Å². The third-order valence-corrected chi connectivity index (χ3v) is 5.40. The number of hydrazine groups is 1. The lowest BCUT2D eigenvalue weighted by atomic mass is 10.00. The molecule has 3 aromatic rings. The van der Waals surface area contributed by atoms with Crippen LogP contribution in [0.5, 0.6) is 0 Å². The van der Waals surface area contributed by atoms with Crippen LogP contribution in [0.1, 0.15) is 17.9 Å². The van der Waals surface area contributed by atoms with Crippen LogP contribution < -0.4 is 21.1 Å². The molecule has 0 saturated carbocycles. The summed E-state index contributed by atoms with van der Waals surface area (Å²) in [4.78, 5) is 22.5. The minimum absolute atomic E-state index is 0.0902. The predicted octanol–water partition coefficient (Wildman–Crippen LogP) is 1.97. The monoisotopic (exact) mass is 362 g/mol. The lowest BCUT2D eigenvalue weighted by Crippen LogP contribution is -2.33. The molecule has 0 aliphatic carbocycles. The molecule has 138 valence electrons. The average Bonchev–Trinajstić information content (AvgIpc) is 3.43. The number of aromatic nitrogens is 2. The number of benzene rings is 2. The highest BCUT2D eigenvalue weighted by atomic mass is 16.2. The minimum atomic E-state index is -0.256. The number of para-hydroxylation sites is 2. The number of fused-ring (bicyclic) bond motifs is 1. The third-order valence-electron chi connectivity index (χ3n) is 5.40. The van der Waals surface area contributed by atoms with E-state index < -0.39 is 0 Å². The topological polar surface area (TPSA) is 85.1 Å². The van der Waals surface area contributed by atoms with Crippen molar-refractivity contribution in [2.45, 2.75) is 18.4 Å². The number of aromatic amines is 1. The van der Waals surface area contributed by atoms with Crippen molar-refractivity contribution in [1.29, 1.82) is 0 Å². The molecular formula is C20H22N6O. The molecular weight excluding hydrogens is 340 g/mol. The zero-order valence-electron chi connectivity index (χ0n) is 14.9. The van der Waals surface area contributed by atoms with E-state index in [1.807, 2.05) is 29.2 Å². The molecule has 7 heteroatoms. The highest BCUT2D eigenvalue weighted by molar-refractivity contribution is 6.01. The first-order valence-corrected chi connectivity index (χ1v) is 9.36. The molecule has 1 atom stereocenters. The number of hydrogen-bond donors (Lipinski definition) is 4. The van der Waals surface area contributed by atoms with Crippen LogP contribution in [-0.2, 0) is 4.79 Å². The highest BCUT2D eigenvalue weighted by Crippen LogP contribution is 2.26. The third kappa shape index (κ3) is 3.05. The Morgan fingerprint density at radius 1 is 1.04 bits per heavy atom. The van der Waals surface area contributed by atoms with E-state index in [0.29, 0.717) is 18.4 Å². The SMILES string of the molecule is O=C1C(Nc2nc3ccccc3[nH]2)CCN1c1ccc(C2CNNC2)cc1. The standard InChI is InChI=1S/C20H22N6O/c27-19-18(25-20-23-16-3-1-2-4-17(16)24-20)9-10-26(19)15-7-5-13(6-8-15)14-11-21-22-12-14/h1-8,14,18,21-22H,9-12H2,(H2,23,24,25). The molecule has 0 spiro atoms. The minimum Gasteiger partial charge on any atom is -0.344 e. The summed E-state index contributed by atoms with van der Waals surface area (Å²) in [5, 5.41) is 3.26. The number of nitrogens with zero attached hydrogens (tertiary/aromatic N) is 2. The molecule has 27 heavy (non-hydrogen) atoms. The van der Waals surface area contributed by atoms with E-state index in [9.17, 15) is 4.79 Å². The molecule has 2 aliphatic heterocycles. The van der Waals surface area contributed by atoms with Crippen molar-refractivity contribution in [2.24, 2.45) is 0 Å². The second kappa shape index (κ2) is 6.68. The maximum Gasteiger partial charge on any atom is 0.249 e. The van der Waals surface area contributed by atoms with Crippen molar-refractivity contribution in [3.8, 4) is 0 Å². The van der Waals surface area contributed by atoms with E-state index >= 15 is 0 Å².